The van der Waals surface area contributed by atoms with Crippen LogP contribution in [0, 0.1) is 0 Å². The average molecular weight is 260 g/mol. The second-order valence-electron chi connectivity index (χ2n) is 4.70. The first-order valence-electron chi connectivity index (χ1n) is 6.60. The van der Waals surface area contributed by atoms with Crippen LogP contribution in [0.25, 0.3) is 0 Å². The van der Waals surface area contributed by atoms with Crippen molar-refractivity contribution < 1.29 is 0 Å². The SMILES string of the molecule is CCNC(Cc1ncnn1C(C)C)c1ccnnc1. The predicted octanol–water partition coefficient (Wildman–Crippen LogP) is 1.54. The van der Waals surface area contributed by atoms with Crippen LogP contribution in [0.5, 0.6) is 0 Å². The zero-order chi connectivity index (χ0) is 13.7. The Morgan fingerprint density at radius 2 is 2.16 bits per heavy atom. The molecule has 2 aromatic heterocycles. The number of hydrogen-bond acceptors (Lipinski definition) is 5. The Morgan fingerprint density at radius 1 is 1.32 bits per heavy atom. The molecule has 2 rings (SSSR count). The Labute approximate surface area is 113 Å². The highest BCUT2D eigenvalue weighted by Crippen LogP contribution is 2.17. The van der Waals surface area contributed by atoms with Gasteiger partial charge in [-0.2, -0.15) is 15.3 Å². The van der Waals surface area contributed by atoms with Gasteiger partial charge in [-0.3, -0.25) is 0 Å². The maximum atomic E-state index is 4.36. The molecule has 19 heavy (non-hydrogen) atoms. The lowest BCUT2D eigenvalue weighted by atomic mass is 10.1. The molecule has 0 aliphatic carbocycles. The third-order valence-corrected chi connectivity index (χ3v) is 2.98. The van der Waals surface area contributed by atoms with Crippen LogP contribution in [0.3, 0.4) is 0 Å². The zero-order valence-electron chi connectivity index (χ0n) is 11.6. The van der Waals surface area contributed by atoms with E-state index in [1.807, 2.05) is 10.7 Å². The largest absolute Gasteiger partial charge is 0.310 e. The Balaban J connectivity index is 2.19. The van der Waals surface area contributed by atoms with Gasteiger partial charge in [0.25, 0.3) is 0 Å². The minimum absolute atomic E-state index is 0.183. The van der Waals surface area contributed by atoms with Gasteiger partial charge in [0.05, 0.1) is 6.20 Å². The Bertz CT molecular complexity index is 493. The van der Waals surface area contributed by atoms with Crippen LogP contribution in [-0.4, -0.2) is 31.5 Å². The van der Waals surface area contributed by atoms with E-state index in [1.54, 1.807) is 18.7 Å². The number of rotatable bonds is 6. The molecule has 2 heterocycles. The summed E-state index contributed by atoms with van der Waals surface area (Å²) >= 11 is 0. The fraction of sp³-hybridized carbons (Fsp3) is 0.538. The maximum Gasteiger partial charge on any atom is 0.138 e. The van der Waals surface area contributed by atoms with Gasteiger partial charge in [-0.25, -0.2) is 9.67 Å². The molecule has 1 atom stereocenters. The predicted molar refractivity (Wildman–Crippen MR) is 72.6 cm³/mol. The molecule has 0 radical (unpaired) electrons. The third-order valence-electron chi connectivity index (χ3n) is 2.98. The molecule has 0 aliphatic rings. The Morgan fingerprint density at radius 3 is 2.79 bits per heavy atom. The van der Waals surface area contributed by atoms with Crippen LogP contribution in [0.4, 0.5) is 0 Å². The van der Waals surface area contributed by atoms with Gasteiger partial charge >= 0.3 is 0 Å². The normalized spacial score (nSPS) is 12.8. The molecule has 102 valence electrons. The lowest BCUT2D eigenvalue weighted by Crippen LogP contribution is -2.25. The highest BCUT2D eigenvalue weighted by Gasteiger charge is 2.16. The molecule has 6 heteroatoms. The molecule has 1 N–H and O–H groups in total. The zero-order valence-corrected chi connectivity index (χ0v) is 11.6. The van der Waals surface area contributed by atoms with E-state index < -0.39 is 0 Å². The monoisotopic (exact) mass is 260 g/mol. The van der Waals surface area contributed by atoms with Crippen molar-refractivity contribution in [2.75, 3.05) is 6.54 Å². The van der Waals surface area contributed by atoms with Crippen LogP contribution in [-0.2, 0) is 6.42 Å². The molecular formula is C13H20N6. The Kier molecular flexibility index (Phi) is 4.57. The van der Waals surface area contributed by atoms with E-state index in [2.05, 4.69) is 46.4 Å². The Hall–Kier alpha value is -1.82. The van der Waals surface area contributed by atoms with Crippen molar-refractivity contribution in [3.05, 3.63) is 36.2 Å². The highest BCUT2D eigenvalue weighted by atomic mass is 15.3. The fourth-order valence-electron chi connectivity index (χ4n) is 2.10. The smallest absolute Gasteiger partial charge is 0.138 e. The fourth-order valence-corrected chi connectivity index (χ4v) is 2.10. The minimum atomic E-state index is 0.183. The summed E-state index contributed by atoms with van der Waals surface area (Å²) in [4.78, 5) is 4.36. The van der Waals surface area contributed by atoms with Crippen molar-refractivity contribution in [1.29, 1.82) is 0 Å². The molecule has 0 spiro atoms. The minimum Gasteiger partial charge on any atom is -0.310 e. The van der Waals surface area contributed by atoms with Crippen molar-refractivity contribution in [2.24, 2.45) is 0 Å². The molecule has 0 fully saturated rings. The van der Waals surface area contributed by atoms with E-state index in [-0.39, 0.29) is 6.04 Å². The first-order chi connectivity index (χ1) is 9.22. The standard InChI is InChI=1S/C13H20N6/c1-4-14-12(11-5-6-16-17-8-11)7-13-15-9-18-19(13)10(2)3/h5-6,8-10,12,14H,4,7H2,1-3H3. The van der Waals surface area contributed by atoms with E-state index in [4.69, 9.17) is 0 Å². The van der Waals surface area contributed by atoms with Gasteiger partial charge < -0.3 is 5.32 Å². The molecule has 0 aliphatic heterocycles. The summed E-state index contributed by atoms with van der Waals surface area (Å²) in [5, 5.41) is 15.5. The molecule has 1 unspecified atom stereocenters. The number of likely N-dealkylation sites (N-methyl/N-ethyl adjacent to an activating group) is 1. The van der Waals surface area contributed by atoms with Crippen molar-refractivity contribution in [1.82, 2.24) is 30.3 Å². The summed E-state index contributed by atoms with van der Waals surface area (Å²) in [5.41, 5.74) is 1.12. The molecule has 0 amide bonds. The summed E-state index contributed by atoms with van der Waals surface area (Å²) in [7, 11) is 0. The van der Waals surface area contributed by atoms with Crippen LogP contribution < -0.4 is 5.32 Å². The van der Waals surface area contributed by atoms with Gasteiger partial charge in [-0.1, -0.05) is 6.92 Å². The van der Waals surface area contributed by atoms with E-state index in [1.165, 1.54) is 0 Å². The van der Waals surface area contributed by atoms with Gasteiger partial charge in [-0.15, -0.1) is 0 Å². The van der Waals surface area contributed by atoms with Gasteiger partial charge in [0.15, 0.2) is 0 Å². The highest BCUT2D eigenvalue weighted by molar-refractivity contribution is 5.13. The number of nitrogens with zero attached hydrogens (tertiary/aromatic N) is 5. The van der Waals surface area contributed by atoms with Crippen molar-refractivity contribution in [2.45, 2.75) is 39.3 Å². The second kappa shape index (κ2) is 6.38. The topological polar surface area (TPSA) is 68.5 Å². The van der Waals surface area contributed by atoms with Crippen molar-refractivity contribution in [3.63, 3.8) is 0 Å². The average Bonchev–Trinajstić information content (AvgIpc) is 2.88. The molecule has 2 aromatic rings. The van der Waals surface area contributed by atoms with E-state index >= 15 is 0 Å². The summed E-state index contributed by atoms with van der Waals surface area (Å²) in [6.07, 6.45) is 5.91. The molecule has 0 saturated heterocycles. The van der Waals surface area contributed by atoms with Crippen LogP contribution >= 0.6 is 0 Å². The first-order valence-corrected chi connectivity index (χ1v) is 6.60. The van der Waals surface area contributed by atoms with Gasteiger partial charge in [0.2, 0.25) is 0 Å². The summed E-state index contributed by atoms with van der Waals surface area (Å²) in [6, 6.07) is 2.48. The van der Waals surface area contributed by atoms with Crippen molar-refractivity contribution >= 4 is 0 Å². The molecule has 0 saturated carbocycles. The van der Waals surface area contributed by atoms with Crippen LogP contribution in [0.2, 0.25) is 0 Å². The quantitative estimate of drug-likeness (QED) is 0.853. The lowest BCUT2D eigenvalue weighted by Gasteiger charge is -2.18. The molecular weight excluding hydrogens is 240 g/mol. The summed E-state index contributed by atoms with van der Waals surface area (Å²) < 4.78 is 1.96. The molecule has 6 nitrogen and oxygen atoms in total. The number of hydrogen-bond donors (Lipinski definition) is 1. The van der Waals surface area contributed by atoms with E-state index in [0.717, 1.165) is 24.4 Å². The van der Waals surface area contributed by atoms with E-state index in [0.29, 0.717) is 6.04 Å². The van der Waals surface area contributed by atoms with Crippen LogP contribution in [0.15, 0.2) is 24.8 Å². The summed E-state index contributed by atoms with van der Waals surface area (Å²) in [6.45, 7) is 7.19. The molecule has 0 aromatic carbocycles. The number of aromatic nitrogens is 5. The first kappa shape index (κ1) is 13.6. The van der Waals surface area contributed by atoms with Gasteiger partial charge in [-0.05, 0) is 32.0 Å². The van der Waals surface area contributed by atoms with Gasteiger partial charge in [0, 0.05) is 24.7 Å². The molecule has 0 bridgehead atoms. The lowest BCUT2D eigenvalue weighted by molar-refractivity contribution is 0.468. The maximum absolute atomic E-state index is 4.36. The summed E-state index contributed by atoms with van der Waals surface area (Å²) in [5.74, 6) is 0.984. The van der Waals surface area contributed by atoms with Gasteiger partial charge in [0.1, 0.15) is 12.2 Å². The third kappa shape index (κ3) is 3.35. The van der Waals surface area contributed by atoms with Crippen LogP contribution in [0.1, 0.15) is 44.2 Å². The van der Waals surface area contributed by atoms with Crippen molar-refractivity contribution in [3.8, 4) is 0 Å². The number of nitrogens with one attached hydrogen (secondary N) is 1. The van der Waals surface area contributed by atoms with E-state index in [9.17, 15) is 0 Å². The second-order valence-corrected chi connectivity index (χ2v) is 4.70.